The van der Waals surface area contributed by atoms with Gasteiger partial charge in [-0.15, -0.1) is 0 Å². The van der Waals surface area contributed by atoms with E-state index >= 15 is 0 Å². The standard InChI is InChI=1S/C25H26N2O7/c1-16-12-27(24(30)26-22(16)29)23-20(28)25(32-14-18-10-6-3-7-11-18)21(34-23)19(15-33-25)31-13-17-8-4-2-5-9-17/h2-12,19-21,23,28H,13-15H2,1H3,(H,26,29,30)/t19-,20-,21+,23+,25+/m0/s1. The van der Waals surface area contributed by atoms with Gasteiger partial charge in [-0.05, 0) is 18.1 Å². The van der Waals surface area contributed by atoms with E-state index in [1.54, 1.807) is 6.92 Å². The van der Waals surface area contributed by atoms with Gasteiger partial charge in [-0.1, -0.05) is 60.7 Å². The van der Waals surface area contributed by atoms with E-state index in [4.69, 9.17) is 18.9 Å². The van der Waals surface area contributed by atoms with Crippen LogP contribution in [-0.2, 0) is 32.2 Å². The number of H-pyrrole nitrogens is 1. The minimum Gasteiger partial charge on any atom is -0.383 e. The van der Waals surface area contributed by atoms with Crippen molar-refractivity contribution in [1.82, 2.24) is 9.55 Å². The zero-order valence-electron chi connectivity index (χ0n) is 18.6. The predicted octanol–water partition coefficient (Wildman–Crippen LogP) is 1.63. The Hall–Kier alpha value is -3.08. The van der Waals surface area contributed by atoms with Gasteiger partial charge in [-0.25, -0.2) is 4.79 Å². The molecule has 5 atom stereocenters. The Labute approximate surface area is 195 Å². The molecule has 2 aliphatic heterocycles. The molecule has 178 valence electrons. The molecule has 2 N–H and O–H groups in total. The summed E-state index contributed by atoms with van der Waals surface area (Å²) in [7, 11) is 0. The molecule has 0 amide bonds. The van der Waals surface area contributed by atoms with Crippen LogP contribution < -0.4 is 11.2 Å². The molecular weight excluding hydrogens is 440 g/mol. The van der Waals surface area contributed by atoms with Crippen molar-refractivity contribution >= 4 is 0 Å². The number of benzene rings is 2. The second kappa shape index (κ2) is 9.28. The lowest BCUT2D eigenvalue weighted by Gasteiger charge is -2.31. The highest BCUT2D eigenvalue weighted by atomic mass is 16.8. The van der Waals surface area contributed by atoms with Crippen LogP contribution >= 0.6 is 0 Å². The molecule has 1 aromatic heterocycles. The van der Waals surface area contributed by atoms with Gasteiger partial charge in [0.2, 0.25) is 5.79 Å². The minimum atomic E-state index is -1.55. The Kier molecular flexibility index (Phi) is 6.20. The summed E-state index contributed by atoms with van der Waals surface area (Å²) in [5, 5.41) is 11.3. The lowest BCUT2D eigenvalue weighted by atomic mass is 10.0. The Morgan fingerprint density at radius 1 is 1.06 bits per heavy atom. The average Bonchev–Trinajstić information content (AvgIpc) is 3.34. The van der Waals surface area contributed by atoms with Gasteiger partial charge in [-0.3, -0.25) is 14.3 Å². The predicted molar refractivity (Wildman–Crippen MR) is 121 cm³/mol. The lowest BCUT2D eigenvalue weighted by Crippen LogP contribution is -2.50. The number of aryl methyl sites for hydroxylation is 1. The van der Waals surface area contributed by atoms with Crippen molar-refractivity contribution in [1.29, 1.82) is 0 Å². The second-order valence-electron chi connectivity index (χ2n) is 8.51. The molecule has 0 spiro atoms. The fourth-order valence-electron chi connectivity index (χ4n) is 4.39. The van der Waals surface area contributed by atoms with Crippen LogP contribution in [0.2, 0.25) is 0 Å². The maximum absolute atomic E-state index is 12.5. The first kappa shape index (κ1) is 22.7. The number of aromatic amines is 1. The Bertz CT molecular complexity index is 1240. The van der Waals surface area contributed by atoms with Crippen LogP contribution in [0.3, 0.4) is 0 Å². The zero-order chi connectivity index (χ0) is 23.7. The normalized spacial score (nSPS) is 28.2. The number of aromatic nitrogens is 2. The Balaban J connectivity index is 1.44. The average molecular weight is 466 g/mol. The van der Waals surface area contributed by atoms with Gasteiger partial charge in [0.25, 0.3) is 5.56 Å². The molecule has 0 aliphatic carbocycles. The fraction of sp³-hybridized carbons (Fsp3) is 0.360. The van der Waals surface area contributed by atoms with E-state index < -0.39 is 41.6 Å². The van der Waals surface area contributed by atoms with Gasteiger partial charge in [-0.2, -0.15) is 0 Å². The van der Waals surface area contributed by atoms with Crippen LogP contribution in [-0.4, -0.2) is 45.4 Å². The van der Waals surface area contributed by atoms with Crippen LogP contribution in [0.25, 0.3) is 0 Å². The SMILES string of the molecule is Cc1cn([C@@H]2O[C@@H]3[C@@H](OCc4ccccc4)CO[C@]3(OCc3ccccc3)[C@H]2O)c(=O)[nH]c1=O. The van der Waals surface area contributed by atoms with Gasteiger partial charge in [0.1, 0.15) is 12.2 Å². The van der Waals surface area contributed by atoms with Crippen molar-refractivity contribution < 1.29 is 24.1 Å². The minimum absolute atomic E-state index is 0.148. The summed E-state index contributed by atoms with van der Waals surface area (Å²) in [6, 6.07) is 19.2. The van der Waals surface area contributed by atoms with Crippen LogP contribution in [0, 0.1) is 6.92 Å². The van der Waals surface area contributed by atoms with Crippen molar-refractivity contribution in [2.75, 3.05) is 6.61 Å². The maximum Gasteiger partial charge on any atom is 0.330 e. The number of aliphatic hydroxyl groups is 1. The molecule has 0 bridgehead atoms. The van der Waals surface area contributed by atoms with E-state index in [9.17, 15) is 14.7 Å². The van der Waals surface area contributed by atoms with Gasteiger partial charge in [0.05, 0.1) is 19.8 Å². The van der Waals surface area contributed by atoms with Gasteiger partial charge < -0.3 is 24.1 Å². The number of rotatable bonds is 7. The molecule has 3 aromatic rings. The summed E-state index contributed by atoms with van der Waals surface area (Å²) in [6.45, 7) is 2.20. The summed E-state index contributed by atoms with van der Waals surface area (Å²) in [4.78, 5) is 26.6. The van der Waals surface area contributed by atoms with Crippen molar-refractivity contribution in [2.24, 2.45) is 0 Å². The van der Waals surface area contributed by atoms with Gasteiger partial charge in [0.15, 0.2) is 12.3 Å². The van der Waals surface area contributed by atoms with Crippen LogP contribution in [0.15, 0.2) is 76.4 Å². The highest BCUT2D eigenvalue weighted by molar-refractivity contribution is 5.16. The molecule has 2 aromatic carbocycles. The van der Waals surface area contributed by atoms with Crippen molar-refractivity contribution in [2.45, 2.75) is 50.5 Å². The third kappa shape index (κ3) is 4.13. The molecule has 0 saturated carbocycles. The van der Waals surface area contributed by atoms with Crippen LogP contribution in [0.1, 0.15) is 22.9 Å². The van der Waals surface area contributed by atoms with E-state index in [2.05, 4.69) is 4.98 Å². The molecular formula is C25H26N2O7. The van der Waals surface area contributed by atoms with Crippen LogP contribution in [0.4, 0.5) is 0 Å². The molecule has 9 heteroatoms. The van der Waals surface area contributed by atoms with E-state index in [1.807, 2.05) is 60.7 Å². The monoisotopic (exact) mass is 466 g/mol. The third-order valence-electron chi connectivity index (χ3n) is 6.21. The van der Waals surface area contributed by atoms with E-state index in [-0.39, 0.29) is 13.2 Å². The Morgan fingerprint density at radius 2 is 1.71 bits per heavy atom. The molecule has 34 heavy (non-hydrogen) atoms. The fourth-order valence-corrected chi connectivity index (χ4v) is 4.39. The molecule has 0 radical (unpaired) electrons. The van der Waals surface area contributed by atoms with Crippen LogP contribution in [0.5, 0.6) is 0 Å². The molecule has 9 nitrogen and oxygen atoms in total. The first-order valence-electron chi connectivity index (χ1n) is 11.1. The summed E-state index contributed by atoms with van der Waals surface area (Å²) in [6.07, 6.45) is -2.48. The number of aliphatic hydroxyl groups excluding tert-OH is 1. The quantitative estimate of drug-likeness (QED) is 0.544. The molecule has 0 unspecified atom stereocenters. The summed E-state index contributed by atoms with van der Waals surface area (Å²) < 4.78 is 25.6. The molecule has 5 rings (SSSR count). The van der Waals surface area contributed by atoms with Crippen molar-refractivity contribution in [3.8, 4) is 0 Å². The summed E-state index contributed by atoms with van der Waals surface area (Å²) in [5.74, 6) is -1.55. The summed E-state index contributed by atoms with van der Waals surface area (Å²) in [5.41, 5.74) is 0.988. The highest BCUT2D eigenvalue weighted by Gasteiger charge is 2.66. The first-order chi connectivity index (χ1) is 16.5. The number of ether oxygens (including phenoxy) is 4. The Morgan fingerprint density at radius 3 is 2.38 bits per heavy atom. The zero-order valence-corrected chi connectivity index (χ0v) is 18.6. The van der Waals surface area contributed by atoms with E-state index in [0.717, 1.165) is 15.7 Å². The number of fused-ring (bicyclic) bond motifs is 1. The first-order valence-corrected chi connectivity index (χ1v) is 11.1. The topological polar surface area (TPSA) is 112 Å². The highest BCUT2D eigenvalue weighted by Crippen LogP contribution is 2.46. The van der Waals surface area contributed by atoms with Crippen molar-refractivity contribution in [3.05, 3.63) is 104 Å². The van der Waals surface area contributed by atoms with E-state index in [1.165, 1.54) is 6.20 Å². The number of nitrogens with zero attached hydrogens (tertiary/aromatic N) is 1. The number of hydrogen-bond acceptors (Lipinski definition) is 7. The van der Waals surface area contributed by atoms with Gasteiger partial charge in [0, 0.05) is 11.8 Å². The van der Waals surface area contributed by atoms with Gasteiger partial charge >= 0.3 is 5.69 Å². The smallest absolute Gasteiger partial charge is 0.330 e. The largest absolute Gasteiger partial charge is 0.383 e. The molecule has 3 heterocycles. The number of nitrogens with one attached hydrogen (secondary N) is 1. The lowest BCUT2D eigenvalue weighted by molar-refractivity contribution is -0.264. The number of hydrogen-bond donors (Lipinski definition) is 2. The molecule has 2 saturated heterocycles. The maximum atomic E-state index is 12.5. The molecule has 2 fully saturated rings. The van der Waals surface area contributed by atoms with Crippen molar-refractivity contribution in [3.63, 3.8) is 0 Å². The van der Waals surface area contributed by atoms with E-state index in [0.29, 0.717) is 12.2 Å². The summed E-state index contributed by atoms with van der Waals surface area (Å²) >= 11 is 0. The molecule has 2 aliphatic rings. The third-order valence-corrected chi connectivity index (χ3v) is 6.21. The second-order valence-corrected chi connectivity index (χ2v) is 8.51.